The standard InChI is InChI=1S/C10H11NO3/c1-10(7-14-9(12)11-10)5-4-8-3-2-6-13-8/h2-6H,7H2,1H3,(H,11,12)/b5-4+. The van der Waals surface area contributed by atoms with Crippen LogP contribution in [0.25, 0.3) is 6.08 Å². The Hall–Kier alpha value is -1.71. The fraction of sp³-hybridized carbons (Fsp3) is 0.300. The van der Waals surface area contributed by atoms with Crippen LogP contribution in [-0.2, 0) is 4.74 Å². The van der Waals surface area contributed by atoms with Crippen molar-refractivity contribution in [2.24, 2.45) is 0 Å². The van der Waals surface area contributed by atoms with E-state index in [2.05, 4.69) is 5.32 Å². The Labute approximate surface area is 81.5 Å². The Bertz CT molecular complexity index is 355. The highest BCUT2D eigenvalue weighted by atomic mass is 16.6. The highest BCUT2D eigenvalue weighted by Gasteiger charge is 2.32. The molecule has 4 nitrogen and oxygen atoms in total. The number of carbonyl (C=O) groups is 1. The fourth-order valence-corrected chi connectivity index (χ4v) is 1.26. The van der Waals surface area contributed by atoms with Gasteiger partial charge in [-0.2, -0.15) is 0 Å². The van der Waals surface area contributed by atoms with Gasteiger partial charge in [0.15, 0.2) is 0 Å². The van der Waals surface area contributed by atoms with Crippen LogP contribution in [0.5, 0.6) is 0 Å². The maximum Gasteiger partial charge on any atom is 0.408 e. The molecule has 0 aromatic carbocycles. The lowest BCUT2D eigenvalue weighted by Crippen LogP contribution is -2.37. The fourth-order valence-electron chi connectivity index (χ4n) is 1.26. The minimum absolute atomic E-state index is 0.350. The van der Waals surface area contributed by atoms with Gasteiger partial charge in [-0.25, -0.2) is 4.79 Å². The molecule has 1 aromatic heterocycles. The minimum Gasteiger partial charge on any atom is -0.465 e. The molecule has 1 atom stereocenters. The van der Waals surface area contributed by atoms with Gasteiger partial charge >= 0.3 is 6.09 Å². The zero-order valence-electron chi connectivity index (χ0n) is 7.82. The summed E-state index contributed by atoms with van der Waals surface area (Å²) >= 11 is 0. The van der Waals surface area contributed by atoms with Crippen LogP contribution in [0, 0.1) is 0 Å². The smallest absolute Gasteiger partial charge is 0.408 e. The van der Waals surface area contributed by atoms with Gasteiger partial charge in [-0.15, -0.1) is 0 Å². The number of alkyl carbamates (subject to hydrolysis) is 1. The largest absolute Gasteiger partial charge is 0.465 e. The molecule has 1 aliphatic heterocycles. The van der Waals surface area contributed by atoms with E-state index in [1.54, 1.807) is 6.26 Å². The summed E-state index contributed by atoms with van der Waals surface area (Å²) in [6.45, 7) is 2.24. The third kappa shape index (κ3) is 1.79. The van der Waals surface area contributed by atoms with Crippen LogP contribution in [0.4, 0.5) is 4.79 Å². The number of nitrogens with one attached hydrogen (secondary N) is 1. The number of hydrogen-bond donors (Lipinski definition) is 1. The van der Waals surface area contributed by atoms with Gasteiger partial charge in [0.25, 0.3) is 0 Å². The maximum absolute atomic E-state index is 10.8. The predicted octanol–water partition coefficient (Wildman–Crippen LogP) is 1.79. The molecule has 2 rings (SSSR count). The van der Waals surface area contributed by atoms with Crippen LogP contribution in [0.2, 0.25) is 0 Å². The van der Waals surface area contributed by atoms with Crippen molar-refractivity contribution in [2.45, 2.75) is 12.5 Å². The number of amides is 1. The van der Waals surface area contributed by atoms with Gasteiger partial charge < -0.3 is 14.5 Å². The summed E-state index contributed by atoms with van der Waals surface area (Å²) < 4.78 is 9.93. The highest BCUT2D eigenvalue weighted by Crippen LogP contribution is 2.15. The quantitative estimate of drug-likeness (QED) is 0.779. The molecule has 2 heterocycles. The molecular formula is C10H11NO3. The predicted molar refractivity (Wildman–Crippen MR) is 50.6 cm³/mol. The second kappa shape index (κ2) is 3.21. The molecule has 1 aromatic rings. The zero-order valence-corrected chi connectivity index (χ0v) is 7.82. The molecule has 0 spiro atoms. The summed E-state index contributed by atoms with van der Waals surface area (Å²) in [6, 6.07) is 3.66. The molecule has 1 N–H and O–H groups in total. The van der Waals surface area contributed by atoms with Gasteiger partial charge in [0, 0.05) is 0 Å². The number of carbonyl (C=O) groups excluding carboxylic acids is 1. The third-order valence-electron chi connectivity index (χ3n) is 2.05. The molecule has 0 saturated carbocycles. The molecule has 1 unspecified atom stereocenters. The zero-order chi connectivity index (χ0) is 10.0. The average Bonchev–Trinajstić information content (AvgIpc) is 2.73. The van der Waals surface area contributed by atoms with E-state index in [-0.39, 0.29) is 6.09 Å². The number of cyclic esters (lactones) is 1. The van der Waals surface area contributed by atoms with Gasteiger partial charge in [-0.05, 0) is 25.1 Å². The number of ether oxygens (including phenoxy) is 1. The molecule has 1 saturated heterocycles. The van der Waals surface area contributed by atoms with Crippen molar-refractivity contribution in [3.05, 3.63) is 30.2 Å². The van der Waals surface area contributed by atoms with Gasteiger partial charge in [0.2, 0.25) is 0 Å². The molecular weight excluding hydrogens is 182 g/mol. The first-order chi connectivity index (χ1) is 6.68. The van der Waals surface area contributed by atoms with Crippen LogP contribution >= 0.6 is 0 Å². The average molecular weight is 193 g/mol. The van der Waals surface area contributed by atoms with E-state index in [0.717, 1.165) is 5.76 Å². The lowest BCUT2D eigenvalue weighted by molar-refractivity contribution is 0.175. The van der Waals surface area contributed by atoms with E-state index < -0.39 is 5.54 Å². The van der Waals surface area contributed by atoms with Gasteiger partial charge in [-0.3, -0.25) is 0 Å². The number of rotatable bonds is 2. The second-order valence-corrected chi connectivity index (χ2v) is 3.47. The summed E-state index contributed by atoms with van der Waals surface area (Å²) in [5, 5.41) is 2.70. The lowest BCUT2D eigenvalue weighted by Gasteiger charge is -2.14. The molecule has 74 valence electrons. The molecule has 4 heteroatoms. The van der Waals surface area contributed by atoms with Crippen molar-refractivity contribution >= 4 is 12.2 Å². The highest BCUT2D eigenvalue weighted by molar-refractivity contribution is 5.71. The van der Waals surface area contributed by atoms with Crippen molar-refractivity contribution in [1.82, 2.24) is 5.32 Å². The van der Waals surface area contributed by atoms with Gasteiger partial charge in [0.05, 0.1) is 11.8 Å². The first-order valence-electron chi connectivity index (χ1n) is 4.36. The molecule has 1 aliphatic rings. The van der Waals surface area contributed by atoms with E-state index >= 15 is 0 Å². The molecule has 0 radical (unpaired) electrons. The van der Waals surface area contributed by atoms with Crippen molar-refractivity contribution in [3.8, 4) is 0 Å². The molecule has 1 fully saturated rings. The van der Waals surface area contributed by atoms with Crippen molar-refractivity contribution < 1.29 is 13.9 Å². The second-order valence-electron chi connectivity index (χ2n) is 3.47. The van der Waals surface area contributed by atoms with E-state index in [0.29, 0.717) is 6.61 Å². The normalized spacial score (nSPS) is 26.5. The van der Waals surface area contributed by atoms with Crippen LogP contribution in [-0.4, -0.2) is 18.2 Å². The molecule has 0 aliphatic carbocycles. The van der Waals surface area contributed by atoms with Gasteiger partial charge in [-0.1, -0.05) is 6.08 Å². The Kier molecular flexibility index (Phi) is 2.04. The first kappa shape index (κ1) is 8.87. The van der Waals surface area contributed by atoms with Crippen LogP contribution in [0.1, 0.15) is 12.7 Å². The molecule has 14 heavy (non-hydrogen) atoms. The number of hydrogen-bond acceptors (Lipinski definition) is 3. The van der Waals surface area contributed by atoms with Crippen molar-refractivity contribution in [2.75, 3.05) is 6.61 Å². The van der Waals surface area contributed by atoms with E-state index in [1.807, 2.05) is 31.2 Å². The topological polar surface area (TPSA) is 51.5 Å². The number of furan rings is 1. The van der Waals surface area contributed by atoms with Crippen LogP contribution in [0.15, 0.2) is 28.9 Å². The monoisotopic (exact) mass is 193 g/mol. The van der Waals surface area contributed by atoms with Crippen molar-refractivity contribution in [1.29, 1.82) is 0 Å². The summed E-state index contributed by atoms with van der Waals surface area (Å²) in [4.78, 5) is 10.8. The Balaban J connectivity index is 2.07. The van der Waals surface area contributed by atoms with Crippen LogP contribution < -0.4 is 5.32 Å². The molecule has 0 bridgehead atoms. The lowest BCUT2D eigenvalue weighted by atomic mass is 10.0. The van der Waals surface area contributed by atoms with E-state index in [4.69, 9.17) is 9.15 Å². The summed E-state index contributed by atoms with van der Waals surface area (Å²) in [7, 11) is 0. The van der Waals surface area contributed by atoms with Crippen molar-refractivity contribution in [3.63, 3.8) is 0 Å². The molecule has 1 amide bonds. The van der Waals surface area contributed by atoms with Crippen LogP contribution in [0.3, 0.4) is 0 Å². The minimum atomic E-state index is -0.427. The maximum atomic E-state index is 10.8. The first-order valence-corrected chi connectivity index (χ1v) is 4.36. The summed E-state index contributed by atoms with van der Waals surface area (Å²) in [6.07, 6.45) is 4.90. The van der Waals surface area contributed by atoms with Gasteiger partial charge in [0.1, 0.15) is 12.4 Å². The third-order valence-corrected chi connectivity index (χ3v) is 2.05. The summed E-state index contributed by atoms with van der Waals surface area (Å²) in [5.74, 6) is 0.757. The van der Waals surface area contributed by atoms with E-state index in [1.165, 1.54) is 0 Å². The Morgan fingerprint density at radius 1 is 1.64 bits per heavy atom. The summed E-state index contributed by atoms with van der Waals surface area (Å²) in [5.41, 5.74) is -0.427. The Morgan fingerprint density at radius 3 is 3.07 bits per heavy atom. The van der Waals surface area contributed by atoms with E-state index in [9.17, 15) is 4.79 Å². The Morgan fingerprint density at radius 2 is 2.50 bits per heavy atom. The SMILES string of the molecule is CC1(/C=C/c2ccco2)COC(=O)N1.